The van der Waals surface area contributed by atoms with E-state index in [1.54, 1.807) is 6.07 Å². The first-order chi connectivity index (χ1) is 9.10. The van der Waals surface area contributed by atoms with Gasteiger partial charge in [-0.25, -0.2) is 0 Å². The zero-order valence-electron chi connectivity index (χ0n) is 11.5. The van der Waals surface area contributed by atoms with E-state index < -0.39 is 0 Å². The van der Waals surface area contributed by atoms with Gasteiger partial charge in [0.2, 0.25) is 0 Å². The second-order valence-electron chi connectivity index (χ2n) is 5.79. The van der Waals surface area contributed by atoms with Gasteiger partial charge in [0.05, 0.1) is 0 Å². The Morgan fingerprint density at radius 3 is 2.47 bits per heavy atom. The van der Waals surface area contributed by atoms with Crippen LogP contribution in [0, 0.1) is 11.8 Å². The molecular weight excluding hydrogens is 277 g/mol. The molecule has 0 aromatic heterocycles. The van der Waals surface area contributed by atoms with Crippen LogP contribution in [0.15, 0.2) is 18.2 Å². The van der Waals surface area contributed by atoms with E-state index in [1.807, 2.05) is 12.1 Å². The van der Waals surface area contributed by atoms with E-state index in [1.165, 1.54) is 32.1 Å². The molecule has 106 valence electrons. The fourth-order valence-corrected chi connectivity index (χ4v) is 3.62. The van der Waals surface area contributed by atoms with Crippen LogP contribution < -0.4 is 5.73 Å². The minimum absolute atomic E-state index is 0.219. The average Bonchev–Trinajstić information content (AvgIpc) is 2.42. The van der Waals surface area contributed by atoms with Gasteiger partial charge in [-0.15, -0.1) is 0 Å². The van der Waals surface area contributed by atoms with Crippen molar-refractivity contribution in [3.8, 4) is 0 Å². The van der Waals surface area contributed by atoms with Gasteiger partial charge in [0, 0.05) is 16.1 Å². The molecule has 1 aliphatic carbocycles. The molecule has 0 radical (unpaired) electrons. The number of halogens is 2. The van der Waals surface area contributed by atoms with Crippen molar-refractivity contribution in [3.63, 3.8) is 0 Å². The van der Waals surface area contributed by atoms with Gasteiger partial charge in [-0.05, 0) is 48.8 Å². The van der Waals surface area contributed by atoms with E-state index in [9.17, 15) is 0 Å². The van der Waals surface area contributed by atoms with Crippen molar-refractivity contribution in [3.05, 3.63) is 33.8 Å². The summed E-state index contributed by atoms with van der Waals surface area (Å²) >= 11 is 12.1. The van der Waals surface area contributed by atoms with E-state index in [-0.39, 0.29) is 6.04 Å². The second-order valence-corrected chi connectivity index (χ2v) is 6.64. The molecule has 1 aromatic carbocycles. The van der Waals surface area contributed by atoms with Crippen LogP contribution in [0.25, 0.3) is 0 Å². The van der Waals surface area contributed by atoms with Crippen LogP contribution in [0.2, 0.25) is 10.0 Å². The summed E-state index contributed by atoms with van der Waals surface area (Å²) in [6, 6.07) is 5.92. The maximum atomic E-state index is 6.38. The maximum absolute atomic E-state index is 6.38. The quantitative estimate of drug-likeness (QED) is 0.824. The predicted octanol–water partition coefficient (Wildman–Crippen LogP) is 5.08. The lowest BCUT2D eigenvalue weighted by Crippen LogP contribution is -2.35. The highest BCUT2D eigenvalue weighted by Crippen LogP contribution is 2.33. The third-order valence-electron chi connectivity index (χ3n) is 4.54. The molecule has 1 unspecified atom stereocenters. The first-order valence-corrected chi connectivity index (χ1v) is 8.05. The molecule has 1 aromatic rings. The van der Waals surface area contributed by atoms with E-state index in [2.05, 4.69) is 6.92 Å². The SMILES string of the molecule is CCC1CCC(C(N)Cc2ccc(Cl)cc2Cl)CC1. The van der Waals surface area contributed by atoms with Gasteiger partial charge in [-0.1, -0.05) is 55.5 Å². The lowest BCUT2D eigenvalue weighted by atomic mass is 9.76. The van der Waals surface area contributed by atoms with Gasteiger partial charge < -0.3 is 5.73 Å². The van der Waals surface area contributed by atoms with Gasteiger partial charge in [0.1, 0.15) is 0 Å². The standard InChI is InChI=1S/C16H23Cl2N/c1-2-11-3-5-12(6-4-11)16(19)9-13-7-8-14(17)10-15(13)18/h7-8,10-12,16H,2-6,9,19H2,1H3. The smallest absolute Gasteiger partial charge is 0.0453 e. The molecule has 1 nitrogen and oxygen atoms in total. The highest BCUT2D eigenvalue weighted by molar-refractivity contribution is 6.35. The van der Waals surface area contributed by atoms with Crippen molar-refractivity contribution < 1.29 is 0 Å². The summed E-state index contributed by atoms with van der Waals surface area (Å²) < 4.78 is 0. The fraction of sp³-hybridized carbons (Fsp3) is 0.625. The van der Waals surface area contributed by atoms with Crippen LogP contribution >= 0.6 is 23.2 Å². The van der Waals surface area contributed by atoms with Crippen LogP contribution in [0.1, 0.15) is 44.6 Å². The Kier molecular flexibility index (Phi) is 5.56. The van der Waals surface area contributed by atoms with E-state index in [0.29, 0.717) is 10.9 Å². The Bertz CT molecular complexity index is 411. The molecular formula is C16H23Cl2N. The lowest BCUT2D eigenvalue weighted by molar-refractivity contribution is 0.238. The molecule has 2 rings (SSSR count). The largest absolute Gasteiger partial charge is 0.327 e. The monoisotopic (exact) mass is 299 g/mol. The van der Waals surface area contributed by atoms with Crippen LogP contribution in [0.5, 0.6) is 0 Å². The van der Waals surface area contributed by atoms with Gasteiger partial charge in [-0.3, -0.25) is 0 Å². The molecule has 19 heavy (non-hydrogen) atoms. The second kappa shape index (κ2) is 6.97. The van der Waals surface area contributed by atoms with Crippen molar-refractivity contribution in [2.45, 2.75) is 51.5 Å². The Morgan fingerprint density at radius 1 is 1.21 bits per heavy atom. The minimum atomic E-state index is 0.219. The molecule has 1 atom stereocenters. The fourth-order valence-electron chi connectivity index (χ4n) is 3.13. The van der Waals surface area contributed by atoms with E-state index in [4.69, 9.17) is 28.9 Å². The third-order valence-corrected chi connectivity index (χ3v) is 5.13. The molecule has 1 fully saturated rings. The molecule has 3 heteroatoms. The number of rotatable bonds is 4. The maximum Gasteiger partial charge on any atom is 0.0453 e. The topological polar surface area (TPSA) is 26.0 Å². The highest BCUT2D eigenvalue weighted by Gasteiger charge is 2.25. The van der Waals surface area contributed by atoms with Crippen molar-refractivity contribution in [2.24, 2.45) is 17.6 Å². The van der Waals surface area contributed by atoms with E-state index in [0.717, 1.165) is 22.9 Å². The summed E-state index contributed by atoms with van der Waals surface area (Å²) in [7, 11) is 0. The molecule has 0 spiro atoms. The Morgan fingerprint density at radius 2 is 1.89 bits per heavy atom. The van der Waals surface area contributed by atoms with Crippen LogP contribution in [0.3, 0.4) is 0 Å². The zero-order valence-corrected chi connectivity index (χ0v) is 13.1. The Hall–Kier alpha value is -0.240. The van der Waals surface area contributed by atoms with Crippen molar-refractivity contribution in [1.82, 2.24) is 0 Å². The summed E-state index contributed by atoms with van der Waals surface area (Å²) in [4.78, 5) is 0. The molecule has 0 bridgehead atoms. The van der Waals surface area contributed by atoms with Crippen molar-refractivity contribution in [2.75, 3.05) is 0 Å². The number of benzene rings is 1. The predicted molar refractivity (Wildman–Crippen MR) is 83.9 cm³/mol. The summed E-state index contributed by atoms with van der Waals surface area (Å²) in [5.74, 6) is 1.57. The molecule has 2 N–H and O–H groups in total. The van der Waals surface area contributed by atoms with Crippen LogP contribution in [-0.4, -0.2) is 6.04 Å². The number of hydrogen-bond acceptors (Lipinski definition) is 1. The summed E-state index contributed by atoms with van der Waals surface area (Å²) in [6.07, 6.45) is 7.38. The van der Waals surface area contributed by atoms with Gasteiger partial charge >= 0.3 is 0 Å². The van der Waals surface area contributed by atoms with Gasteiger partial charge in [-0.2, -0.15) is 0 Å². The van der Waals surface area contributed by atoms with E-state index >= 15 is 0 Å². The highest BCUT2D eigenvalue weighted by atomic mass is 35.5. The first-order valence-electron chi connectivity index (χ1n) is 7.29. The summed E-state index contributed by atoms with van der Waals surface area (Å²) in [5, 5.41) is 1.43. The Labute approximate surface area is 126 Å². The zero-order chi connectivity index (χ0) is 13.8. The van der Waals surface area contributed by atoms with Gasteiger partial charge in [0.25, 0.3) is 0 Å². The molecule has 1 saturated carbocycles. The number of hydrogen-bond donors (Lipinski definition) is 1. The number of nitrogens with two attached hydrogens (primary N) is 1. The minimum Gasteiger partial charge on any atom is -0.327 e. The van der Waals surface area contributed by atoms with Crippen LogP contribution in [0.4, 0.5) is 0 Å². The van der Waals surface area contributed by atoms with Crippen molar-refractivity contribution in [1.29, 1.82) is 0 Å². The molecule has 0 saturated heterocycles. The molecule has 0 heterocycles. The molecule has 1 aliphatic rings. The Balaban J connectivity index is 1.92. The third kappa shape index (κ3) is 4.11. The average molecular weight is 300 g/mol. The van der Waals surface area contributed by atoms with Crippen molar-refractivity contribution >= 4 is 23.2 Å². The molecule has 0 amide bonds. The molecule has 0 aliphatic heterocycles. The normalized spacial score (nSPS) is 25.3. The summed E-state index contributed by atoms with van der Waals surface area (Å²) in [6.45, 7) is 2.29. The summed E-state index contributed by atoms with van der Waals surface area (Å²) in [5.41, 5.74) is 7.50. The first kappa shape index (κ1) is 15.2. The lowest BCUT2D eigenvalue weighted by Gasteiger charge is -2.32. The van der Waals surface area contributed by atoms with Gasteiger partial charge in [0.15, 0.2) is 0 Å². The van der Waals surface area contributed by atoms with Crippen LogP contribution in [-0.2, 0) is 6.42 Å².